The first-order valence-corrected chi connectivity index (χ1v) is 5.69. The van der Waals surface area contributed by atoms with Crippen LogP contribution in [0.2, 0.25) is 0 Å². The molecule has 1 aromatic carbocycles. The van der Waals surface area contributed by atoms with E-state index >= 15 is 0 Å². The zero-order valence-electron chi connectivity index (χ0n) is 10.2. The van der Waals surface area contributed by atoms with Crippen LogP contribution >= 0.6 is 0 Å². The maximum absolute atomic E-state index is 12.6. The molecule has 2 aromatic rings. The molecule has 0 amide bonds. The summed E-state index contributed by atoms with van der Waals surface area (Å²) in [5.41, 5.74) is 0.314. The first-order chi connectivity index (χ1) is 8.86. The van der Waals surface area contributed by atoms with Gasteiger partial charge >= 0.3 is 6.18 Å². The summed E-state index contributed by atoms with van der Waals surface area (Å²) >= 11 is 0. The average molecular weight is 270 g/mol. The van der Waals surface area contributed by atoms with Gasteiger partial charge in [0.25, 0.3) is 0 Å². The van der Waals surface area contributed by atoms with Gasteiger partial charge in [0.15, 0.2) is 0 Å². The van der Waals surface area contributed by atoms with Crippen LogP contribution in [0.1, 0.15) is 22.8 Å². The van der Waals surface area contributed by atoms with Gasteiger partial charge in [-0.25, -0.2) is 0 Å². The second-order valence-corrected chi connectivity index (χ2v) is 4.37. The molecule has 0 saturated carbocycles. The molecule has 0 aliphatic rings. The lowest BCUT2D eigenvalue weighted by molar-refractivity contribution is -0.137. The fourth-order valence-corrected chi connectivity index (χ4v) is 1.83. The monoisotopic (exact) mass is 270 g/mol. The molecule has 1 unspecified atom stereocenters. The Morgan fingerprint density at radius 1 is 1.37 bits per heavy atom. The summed E-state index contributed by atoms with van der Waals surface area (Å²) < 4.78 is 39.2. The van der Waals surface area contributed by atoms with Crippen molar-refractivity contribution in [2.75, 3.05) is 0 Å². The highest BCUT2D eigenvalue weighted by Gasteiger charge is 2.30. The second-order valence-electron chi connectivity index (χ2n) is 4.37. The Morgan fingerprint density at radius 2 is 2.11 bits per heavy atom. The molecule has 19 heavy (non-hydrogen) atoms. The molecule has 0 aliphatic carbocycles. The van der Waals surface area contributed by atoms with Crippen molar-refractivity contribution in [3.63, 3.8) is 0 Å². The molecule has 0 aliphatic heterocycles. The van der Waals surface area contributed by atoms with Crippen LogP contribution in [0, 0.1) is 0 Å². The fourth-order valence-electron chi connectivity index (χ4n) is 1.83. The predicted molar refractivity (Wildman–Crippen MR) is 63.3 cm³/mol. The maximum atomic E-state index is 12.6. The smallest absolute Gasteiger partial charge is 0.388 e. The van der Waals surface area contributed by atoms with Crippen molar-refractivity contribution in [1.29, 1.82) is 0 Å². The largest absolute Gasteiger partial charge is 0.416 e. The van der Waals surface area contributed by atoms with Crippen LogP contribution in [-0.2, 0) is 19.6 Å². The van der Waals surface area contributed by atoms with E-state index in [-0.39, 0.29) is 6.42 Å². The molecule has 1 atom stereocenters. The Hall–Kier alpha value is -1.82. The number of hydrogen-bond acceptors (Lipinski definition) is 2. The Labute approximate surface area is 108 Å². The van der Waals surface area contributed by atoms with Crippen LogP contribution in [0.3, 0.4) is 0 Å². The lowest BCUT2D eigenvalue weighted by Gasteiger charge is -2.11. The second kappa shape index (κ2) is 5.05. The van der Waals surface area contributed by atoms with Gasteiger partial charge in [0.05, 0.1) is 17.9 Å². The van der Waals surface area contributed by atoms with Gasteiger partial charge in [-0.1, -0.05) is 18.2 Å². The quantitative estimate of drug-likeness (QED) is 0.931. The number of alkyl halides is 3. The van der Waals surface area contributed by atoms with Gasteiger partial charge in [0.2, 0.25) is 0 Å². The van der Waals surface area contributed by atoms with E-state index in [1.165, 1.54) is 16.9 Å². The minimum absolute atomic E-state index is 0.121. The summed E-state index contributed by atoms with van der Waals surface area (Å²) in [4.78, 5) is 0. The Bertz CT molecular complexity index is 563. The molecule has 1 heterocycles. The van der Waals surface area contributed by atoms with E-state index in [0.29, 0.717) is 11.1 Å². The summed E-state index contributed by atoms with van der Waals surface area (Å²) in [6, 6.07) is 4.97. The molecule has 6 heteroatoms. The molecule has 0 bridgehead atoms. The van der Waals surface area contributed by atoms with E-state index in [1.54, 1.807) is 19.3 Å². The van der Waals surface area contributed by atoms with Crippen molar-refractivity contribution in [2.24, 2.45) is 7.05 Å². The Balaban J connectivity index is 2.15. The number of benzene rings is 1. The molecule has 1 N–H and O–H groups in total. The summed E-state index contributed by atoms with van der Waals surface area (Å²) in [5, 5.41) is 13.9. The summed E-state index contributed by atoms with van der Waals surface area (Å²) in [6.07, 6.45) is -1.97. The van der Waals surface area contributed by atoms with E-state index in [4.69, 9.17) is 0 Å². The fraction of sp³-hybridized carbons (Fsp3) is 0.308. The average Bonchev–Trinajstić information content (AvgIpc) is 2.75. The molecule has 1 aromatic heterocycles. The third-order valence-corrected chi connectivity index (χ3v) is 2.79. The molecule has 0 radical (unpaired) electrons. The maximum Gasteiger partial charge on any atom is 0.416 e. The van der Waals surface area contributed by atoms with Crippen molar-refractivity contribution >= 4 is 0 Å². The number of halogens is 3. The van der Waals surface area contributed by atoms with Crippen LogP contribution in [0.4, 0.5) is 13.2 Å². The number of rotatable bonds is 3. The van der Waals surface area contributed by atoms with E-state index in [2.05, 4.69) is 5.10 Å². The molecular weight excluding hydrogens is 257 g/mol. The summed E-state index contributed by atoms with van der Waals surface area (Å²) in [6.45, 7) is 0. The third-order valence-electron chi connectivity index (χ3n) is 2.79. The third kappa shape index (κ3) is 3.35. The van der Waals surface area contributed by atoms with Crippen molar-refractivity contribution in [2.45, 2.75) is 18.7 Å². The van der Waals surface area contributed by atoms with Gasteiger partial charge in [-0.2, -0.15) is 18.3 Å². The van der Waals surface area contributed by atoms with Gasteiger partial charge in [-0.15, -0.1) is 0 Å². The highest BCUT2D eigenvalue weighted by atomic mass is 19.4. The van der Waals surface area contributed by atoms with E-state index in [0.717, 1.165) is 12.1 Å². The first-order valence-electron chi connectivity index (χ1n) is 5.69. The number of aliphatic hydroxyl groups excluding tert-OH is 1. The zero-order valence-corrected chi connectivity index (χ0v) is 10.2. The number of aromatic nitrogens is 2. The Kier molecular flexibility index (Phi) is 3.61. The number of hydrogen-bond donors (Lipinski definition) is 1. The van der Waals surface area contributed by atoms with Crippen molar-refractivity contribution in [3.8, 4) is 0 Å². The van der Waals surface area contributed by atoms with Crippen LogP contribution in [0.25, 0.3) is 0 Å². The Morgan fingerprint density at radius 3 is 2.68 bits per heavy atom. The first kappa shape index (κ1) is 13.6. The minimum atomic E-state index is -4.37. The number of nitrogens with zero attached hydrogens (tertiary/aromatic N) is 2. The van der Waals surface area contributed by atoms with Gasteiger partial charge < -0.3 is 5.11 Å². The molecule has 0 fully saturated rings. The SMILES string of the molecule is Cn1cc(C(O)Cc2cccc(C(F)(F)F)c2)cn1. The van der Waals surface area contributed by atoms with Gasteiger partial charge in [0, 0.05) is 25.2 Å². The van der Waals surface area contributed by atoms with Crippen LogP contribution in [-0.4, -0.2) is 14.9 Å². The lowest BCUT2D eigenvalue weighted by Crippen LogP contribution is -2.07. The van der Waals surface area contributed by atoms with Crippen molar-refractivity contribution < 1.29 is 18.3 Å². The lowest BCUT2D eigenvalue weighted by atomic mass is 10.0. The molecule has 0 spiro atoms. The van der Waals surface area contributed by atoms with Gasteiger partial charge in [-0.05, 0) is 11.6 Å². The molecule has 102 valence electrons. The molecule has 3 nitrogen and oxygen atoms in total. The van der Waals surface area contributed by atoms with E-state index in [9.17, 15) is 18.3 Å². The molecule has 2 rings (SSSR count). The van der Waals surface area contributed by atoms with E-state index in [1.807, 2.05) is 0 Å². The van der Waals surface area contributed by atoms with Crippen LogP contribution in [0.15, 0.2) is 36.7 Å². The van der Waals surface area contributed by atoms with Crippen LogP contribution in [0.5, 0.6) is 0 Å². The predicted octanol–water partition coefficient (Wildman–Crippen LogP) is 2.72. The van der Waals surface area contributed by atoms with Gasteiger partial charge in [-0.3, -0.25) is 4.68 Å². The molecule has 0 saturated heterocycles. The topological polar surface area (TPSA) is 38.0 Å². The highest BCUT2D eigenvalue weighted by molar-refractivity contribution is 5.27. The number of aliphatic hydroxyl groups is 1. The molecular formula is C13H13F3N2O. The van der Waals surface area contributed by atoms with E-state index < -0.39 is 17.8 Å². The normalized spacial score (nSPS) is 13.5. The van der Waals surface area contributed by atoms with Gasteiger partial charge in [0.1, 0.15) is 0 Å². The zero-order chi connectivity index (χ0) is 14.0. The van der Waals surface area contributed by atoms with Crippen molar-refractivity contribution in [3.05, 3.63) is 53.3 Å². The highest BCUT2D eigenvalue weighted by Crippen LogP contribution is 2.30. The van der Waals surface area contributed by atoms with Crippen molar-refractivity contribution in [1.82, 2.24) is 9.78 Å². The summed E-state index contributed by atoms with van der Waals surface area (Å²) in [7, 11) is 1.71. The number of aryl methyl sites for hydroxylation is 1. The minimum Gasteiger partial charge on any atom is -0.388 e. The standard InChI is InChI=1S/C13H13F3N2O/c1-18-8-10(7-17-18)12(19)6-9-3-2-4-11(5-9)13(14,15)16/h2-5,7-8,12,19H,6H2,1H3. The summed E-state index contributed by atoms with van der Waals surface area (Å²) in [5.74, 6) is 0. The van der Waals surface area contributed by atoms with Crippen LogP contribution < -0.4 is 0 Å².